The zero-order valence-electron chi connectivity index (χ0n) is 20.4. The van der Waals surface area contributed by atoms with Gasteiger partial charge in [-0.3, -0.25) is 0 Å². The molecule has 2 aromatic carbocycles. The number of fused-ring (bicyclic) bond motifs is 2. The van der Waals surface area contributed by atoms with Crippen LogP contribution in [0.5, 0.6) is 0 Å². The van der Waals surface area contributed by atoms with Gasteiger partial charge in [0.15, 0.2) is 0 Å². The second-order valence-electron chi connectivity index (χ2n) is 10.0. The zero-order chi connectivity index (χ0) is 23.3. The maximum Gasteiger partial charge on any atom is 0.261 e. The molecule has 2 bridgehead atoms. The standard InChI is InChI=1S/C28H38O4Si/c1-5-29-18-19-30-20-24-25(27-17-16-26(24)32-27)21-31-33(28(2,3)4,22-12-8-6-9-13-22)23-14-10-7-11-15-23/h6-17,24-27H,5,18-21H2,1-4H3/t24-,25+,26+,27-/m0/s1. The number of hydrogen-bond acceptors (Lipinski definition) is 4. The molecule has 4 nitrogen and oxygen atoms in total. The van der Waals surface area contributed by atoms with Crippen molar-refractivity contribution in [2.75, 3.05) is 33.0 Å². The highest BCUT2D eigenvalue weighted by molar-refractivity contribution is 6.99. The van der Waals surface area contributed by atoms with E-state index in [1.54, 1.807) is 0 Å². The second kappa shape index (κ2) is 10.7. The first-order chi connectivity index (χ1) is 16.0. The highest BCUT2D eigenvalue weighted by atomic mass is 28.4. The van der Waals surface area contributed by atoms with Crippen LogP contribution in [0, 0.1) is 11.8 Å². The fourth-order valence-electron chi connectivity index (χ4n) is 5.37. The molecule has 0 spiro atoms. The lowest BCUT2D eigenvalue weighted by Crippen LogP contribution is -2.67. The first-order valence-corrected chi connectivity index (χ1v) is 14.1. The Balaban J connectivity index is 1.59. The van der Waals surface area contributed by atoms with Crippen molar-refractivity contribution < 1.29 is 18.6 Å². The third kappa shape index (κ3) is 5.03. The minimum absolute atomic E-state index is 0.0342. The van der Waals surface area contributed by atoms with Gasteiger partial charge in [-0.05, 0) is 22.3 Å². The van der Waals surface area contributed by atoms with E-state index in [1.165, 1.54) is 10.4 Å². The van der Waals surface area contributed by atoms with Crippen molar-refractivity contribution in [1.82, 2.24) is 0 Å². The van der Waals surface area contributed by atoms with Crippen LogP contribution in [0.2, 0.25) is 5.04 Å². The van der Waals surface area contributed by atoms with Gasteiger partial charge >= 0.3 is 0 Å². The minimum Gasteiger partial charge on any atom is -0.407 e. The van der Waals surface area contributed by atoms with Crippen molar-refractivity contribution in [2.24, 2.45) is 11.8 Å². The molecule has 0 saturated carbocycles. The lowest BCUT2D eigenvalue weighted by molar-refractivity contribution is 0.0199. The predicted octanol–water partition coefficient (Wildman–Crippen LogP) is 4.19. The Bertz CT molecular complexity index is 854. The summed E-state index contributed by atoms with van der Waals surface area (Å²) in [5.74, 6) is 0.591. The molecular formula is C28H38O4Si. The summed E-state index contributed by atoms with van der Waals surface area (Å²) in [7, 11) is -2.56. The maximum atomic E-state index is 7.22. The van der Waals surface area contributed by atoms with Crippen molar-refractivity contribution in [2.45, 2.75) is 44.9 Å². The second-order valence-corrected chi connectivity index (χ2v) is 14.3. The van der Waals surface area contributed by atoms with Gasteiger partial charge in [0, 0.05) is 25.0 Å². The summed E-state index contributed by atoms with van der Waals surface area (Å²) in [5.41, 5.74) is 0. The summed E-state index contributed by atoms with van der Waals surface area (Å²) in [6.07, 6.45) is 4.63. The lowest BCUT2D eigenvalue weighted by Gasteiger charge is -2.44. The Morgan fingerprint density at radius 3 is 1.79 bits per heavy atom. The zero-order valence-corrected chi connectivity index (χ0v) is 21.4. The Labute approximate surface area is 200 Å². The molecule has 2 heterocycles. The monoisotopic (exact) mass is 466 g/mol. The predicted molar refractivity (Wildman–Crippen MR) is 136 cm³/mol. The molecular weight excluding hydrogens is 428 g/mol. The van der Waals surface area contributed by atoms with E-state index in [0.717, 1.165) is 6.61 Å². The van der Waals surface area contributed by atoms with Crippen LogP contribution >= 0.6 is 0 Å². The van der Waals surface area contributed by atoms with Gasteiger partial charge in [0.2, 0.25) is 0 Å². The van der Waals surface area contributed by atoms with Gasteiger partial charge in [0.25, 0.3) is 8.32 Å². The van der Waals surface area contributed by atoms with Crippen LogP contribution in [0.3, 0.4) is 0 Å². The molecule has 178 valence electrons. The van der Waals surface area contributed by atoms with E-state index in [0.29, 0.717) is 32.3 Å². The van der Waals surface area contributed by atoms with Gasteiger partial charge in [-0.15, -0.1) is 0 Å². The molecule has 5 heteroatoms. The van der Waals surface area contributed by atoms with Gasteiger partial charge in [-0.2, -0.15) is 0 Å². The SMILES string of the molecule is CCOCCOC[C@H]1[C@@H](CO[Si](c2ccccc2)(c2ccccc2)C(C)(C)C)[C@@H]2C=C[C@H]1O2. The van der Waals surface area contributed by atoms with E-state index in [9.17, 15) is 0 Å². The van der Waals surface area contributed by atoms with Crippen molar-refractivity contribution >= 4 is 18.7 Å². The summed E-state index contributed by atoms with van der Waals surface area (Å²) in [4.78, 5) is 0. The third-order valence-corrected chi connectivity index (χ3v) is 12.0. The van der Waals surface area contributed by atoms with Crippen LogP contribution in [-0.4, -0.2) is 53.6 Å². The molecule has 0 amide bonds. The average molecular weight is 467 g/mol. The maximum absolute atomic E-state index is 7.22. The van der Waals surface area contributed by atoms with Gasteiger partial charge < -0.3 is 18.6 Å². The van der Waals surface area contributed by atoms with Crippen LogP contribution < -0.4 is 10.4 Å². The van der Waals surface area contributed by atoms with E-state index in [4.69, 9.17) is 18.6 Å². The molecule has 4 rings (SSSR count). The van der Waals surface area contributed by atoms with Crippen LogP contribution in [0.25, 0.3) is 0 Å². The fourth-order valence-corrected chi connectivity index (χ4v) is 9.96. The number of benzene rings is 2. The third-order valence-electron chi connectivity index (χ3n) is 6.99. The van der Waals surface area contributed by atoms with E-state index in [1.807, 2.05) is 6.92 Å². The van der Waals surface area contributed by atoms with Gasteiger partial charge in [0.1, 0.15) is 0 Å². The first kappa shape index (κ1) is 24.4. The molecule has 2 aromatic rings. The topological polar surface area (TPSA) is 36.9 Å². The number of ether oxygens (including phenoxy) is 3. The van der Waals surface area contributed by atoms with Gasteiger partial charge in [-0.1, -0.05) is 93.6 Å². The minimum atomic E-state index is -2.56. The van der Waals surface area contributed by atoms with Crippen LogP contribution in [0.1, 0.15) is 27.7 Å². The largest absolute Gasteiger partial charge is 0.407 e. The molecule has 33 heavy (non-hydrogen) atoms. The smallest absolute Gasteiger partial charge is 0.261 e. The van der Waals surface area contributed by atoms with Gasteiger partial charge in [-0.25, -0.2) is 0 Å². The number of hydrogen-bond donors (Lipinski definition) is 0. The molecule has 2 aliphatic heterocycles. The first-order valence-electron chi connectivity index (χ1n) is 12.2. The average Bonchev–Trinajstić information content (AvgIpc) is 3.42. The number of rotatable bonds is 11. The van der Waals surface area contributed by atoms with Crippen molar-refractivity contribution in [3.05, 3.63) is 72.8 Å². The van der Waals surface area contributed by atoms with Crippen LogP contribution in [-0.2, 0) is 18.6 Å². The lowest BCUT2D eigenvalue weighted by atomic mass is 9.84. The Morgan fingerprint density at radius 2 is 1.27 bits per heavy atom. The molecule has 0 radical (unpaired) electrons. The molecule has 2 aliphatic rings. The molecule has 0 unspecified atom stereocenters. The quantitative estimate of drug-likeness (QED) is 0.283. The van der Waals surface area contributed by atoms with E-state index in [2.05, 4.69) is 93.6 Å². The summed E-state index contributed by atoms with van der Waals surface area (Å²) in [5, 5.41) is 2.59. The van der Waals surface area contributed by atoms with E-state index in [-0.39, 0.29) is 23.2 Å². The molecule has 0 N–H and O–H groups in total. The van der Waals surface area contributed by atoms with Crippen molar-refractivity contribution in [3.63, 3.8) is 0 Å². The fraction of sp³-hybridized carbons (Fsp3) is 0.500. The Hall–Kier alpha value is -1.76. The summed E-state index contributed by atoms with van der Waals surface area (Å²) in [6.45, 7) is 12.3. The molecule has 4 atom stereocenters. The highest BCUT2D eigenvalue weighted by Crippen LogP contribution is 2.42. The normalized spacial score (nSPS) is 24.5. The van der Waals surface area contributed by atoms with E-state index < -0.39 is 8.32 Å². The van der Waals surface area contributed by atoms with Gasteiger partial charge in [0.05, 0.1) is 32.0 Å². The van der Waals surface area contributed by atoms with Crippen molar-refractivity contribution in [3.8, 4) is 0 Å². The molecule has 0 aromatic heterocycles. The summed E-state index contributed by atoms with van der Waals surface area (Å²) in [6, 6.07) is 21.7. The van der Waals surface area contributed by atoms with Crippen LogP contribution in [0.4, 0.5) is 0 Å². The molecule has 1 saturated heterocycles. The Kier molecular flexibility index (Phi) is 7.87. The Morgan fingerprint density at radius 1 is 0.758 bits per heavy atom. The van der Waals surface area contributed by atoms with E-state index >= 15 is 0 Å². The summed E-state index contributed by atoms with van der Waals surface area (Å²) >= 11 is 0. The summed E-state index contributed by atoms with van der Waals surface area (Å²) < 4.78 is 24.9. The molecule has 1 fully saturated rings. The van der Waals surface area contributed by atoms with Crippen molar-refractivity contribution in [1.29, 1.82) is 0 Å². The van der Waals surface area contributed by atoms with Crippen LogP contribution in [0.15, 0.2) is 72.8 Å². The molecule has 0 aliphatic carbocycles. The highest BCUT2D eigenvalue weighted by Gasteiger charge is 2.52.